The van der Waals surface area contributed by atoms with Crippen molar-refractivity contribution in [2.75, 3.05) is 32.0 Å². The van der Waals surface area contributed by atoms with E-state index >= 15 is 0 Å². The fourth-order valence-electron chi connectivity index (χ4n) is 1.61. The first-order valence-corrected chi connectivity index (χ1v) is 5.35. The second kappa shape index (κ2) is 4.96. The van der Waals surface area contributed by atoms with Crippen molar-refractivity contribution in [3.8, 4) is 0 Å². The highest BCUT2D eigenvalue weighted by atomic mass is 16.5. The van der Waals surface area contributed by atoms with Crippen LogP contribution in [0.25, 0.3) is 0 Å². The summed E-state index contributed by atoms with van der Waals surface area (Å²) in [6, 6.07) is 1.25. The Hall–Kier alpha value is -1.89. The molecule has 7 heteroatoms. The first kappa shape index (κ1) is 11.6. The quantitative estimate of drug-likeness (QED) is 0.690. The molecule has 0 spiro atoms. The molecule has 2 rings (SSSR count). The third-order valence-corrected chi connectivity index (χ3v) is 2.54. The zero-order valence-corrected chi connectivity index (χ0v) is 9.33. The van der Waals surface area contributed by atoms with Gasteiger partial charge >= 0.3 is 0 Å². The van der Waals surface area contributed by atoms with E-state index in [0.717, 1.165) is 4.68 Å². The second-order valence-corrected chi connectivity index (χ2v) is 3.78. The van der Waals surface area contributed by atoms with Crippen molar-refractivity contribution < 1.29 is 9.53 Å². The largest absolute Gasteiger partial charge is 0.397 e. The zero-order chi connectivity index (χ0) is 12.3. The summed E-state index contributed by atoms with van der Waals surface area (Å²) in [5, 5.41) is 3.81. The van der Waals surface area contributed by atoms with Gasteiger partial charge in [0.2, 0.25) is 5.91 Å². The topological polar surface area (TPSA) is 90.4 Å². The Labute approximate surface area is 97.8 Å². The first-order chi connectivity index (χ1) is 8.16. The van der Waals surface area contributed by atoms with Crippen LogP contribution in [-0.4, -0.2) is 46.9 Å². The number of nitrogens with zero attached hydrogens (tertiary/aromatic N) is 3. The second-order valence-electron chi connectivity index (χ2n) is 3.78. The number of carbonyl (C=O) groups is 1. The molecule has 0 bridgehead atoms. The molecule has 17 heavy (non-hydrogen) atoms. The molecule has 1 aliphatic rings. The normalized spacial score (nSPS) is 15.9. The lowest BCUT2D eigenvalue weighted by molar-refractivity contribution is -0.136. The minimum Gasteiger partial charge on any atom is -0.397 e. The predicted molar refractivity (Wildman–Crippen MR) is 60.3 cm³/mol. The average Bonchev–Trinajstić information content (AvgIpc) is 2.34. The Morgan fingerprint density at radius 2 is 2.18 bits per heavy atom. The van der Waals surface area contributed by atoms with E-state index in [0.29, 0.717) is 32.0 Å². The summed E-state index contributed by atoms with van der Waals surface area (Å²) in [6.07, 6.45) is 1.36. The highest BCUT2D eigenvalue weighted by Gasteiger charge is 2.17. The molecule has 0 radical (unpaired) electrons. The summed E-state index contributed by atoms with van der Waals surface area (Å²) >= 11 is 0. The van der Waals surface area contributed by atoms with Crippen LogP contribution in [0, 0.1) is 0 Å². The summed E-state index contributed by atoms with van der Waals surface area (Å²) < 4.78 is 6.25. The molecule has 2 heterocycles. The molecule has 0 atom stereocenters. The molecule has 1 amide bonds. The number of carbonyl (C=O) groups excluding carboxylic acids is 1. The average molecular weight is 238 g/mol. The lowest BCUT2D eigenvalue weighted by atomic mass is 10.4. The maximum atomic E-state index is 11.8. The molecule has 92 valence electrons. The van der Waals surface area contributed by atoms with Crippen molar-refractivity contribution in [1.82, 2.24) is 14.7 Å². The van der Waals surface area contributed by atoms with Crippen LogP contribution >= 0.6 is 0 Å². The van der Waals surface area contributed by atoms with Crippen molar-refractivity contribution in [2.24, 2.45) is 0 Å². The number of nitrogens with two attached hydrogens (primary N) is 1. The number of ether oxygens (including phenoxy) is 1. The van der Waals surface area contributed by atoms with E-state index in [2.05, 4.69) is 5.10 Å². The molecule has 1 saturated heterocycles. The number of nitrogen functional groups attached to an aromatic ring is 1. The van der Waals surface area contributed by atoms with Crippen LogP contribution in [0.3, 0.4) is 0 Å². The SMILES string of the molecule is Nc1cnn(CC(=O)N2CCOCC2)c(=O)c1. The van der Waals surface area contributed by atoms with Gasteiger partial charge in [0.15, 0.2) is 0 Å². The Balaban J connectivity index is 2.04. The predicted octanol–water partition coefficient (Wildman–Crippen LogP) is -1.32. The van der Waals surface area contributed by atoms with Crippen molar-refractivity contribution in [3.63, 3.8) is 0 Å². The summed E-state index contributed by atoms with van der Waals surface area (Å²) in [6.45, 7) is 2.13. The van der Waals surface area contributed by atoms with Crippen LogP contribution in [0.2, 0.25) is 0 Å². The van der Waals surface area contributed by atoms with Gasteiger partial charge in [-0.1, -0.05) is 0 Å². The first-order valence-electron chi connectivity index (χ1n) is 5.35. The third-order valence-electron chi connectivity index (χ3n) is 2.54. The van der Waals surface area contributed by atoms with E-state index in [1.54, 1.807) is 4.90 Å². The molecule has 1 aromatic rings. The smallest absolute Gasteiger partial charge is 0.269 e. The summed E-state index contributed by atoms with van der Waals surface area (Å²) in [4.78, 5) is 25.0. The molecule has 2 N–H and O–H groups in total. The molecule has 1 fully saturated rings. The highest BCUT2D eigenvalue weighted by molar-refractivity contribution is 5.75. The van der Waals surface area contributed by atoms with Gasteiger partial charge < -0.3 is 15.4 Å². The summed E-state index contributed by atoms with van der Waals surface area (Å²) in [7, 11) is 0. The minimum absolute atomic E-state index is 0.0564. The van der Waals surface area contributed by atoms with E-state index in [9.17, 15) is 9.59 Å². The maximum Gasteiger partial charge on any atom is 0.269 e. The maximum absolute atomic E-state index is 11.8. The number of hydrogen-bond acceptors (Lipinski definition) is 5. The van der Waals surface area contributed by atoms with Gasteiger partial charge in [-0.2, -0.15) is 5.10 Å². The minimum atomic E-state index is -0.369. The van der Waals surface area contributed by atoms with Crippen LogP contribution in [0.15, 0.2) is 17.1 Å². The Kier molecular flexibility index (Phi) is 3.38. The molecule has 1 aromatic heterocycles. The molecule has 7 nitrogen and oxygen atoms in total. The number of hydrogen-bond donors (Lipinski definition) is 1. The van der Waals surface area contributed by atoms with Crippen molar-refractivity contribution >= 4 is 11.6 Å². The van der Waals surface area contributed by atoms with E-state index in [1.807, 2.05) is 0 Å². The van der Waals surface area contributed by atoms with Crippen LogP contribution in [0.4, 0.5) is 5.69 Å². The Morgan fingerprint density at radius 3 is 2.82 bits per heavy atom. The summed E-state index contributed by atoms with van der Waals surface area (Å²) in [5.41, 5.74) is 5.34. The molecule has 0 saturated carbocycles. The molecule has 0 aliphatic carbocycles. The van der Waals surface area contributed by atoms with Crippen molar-refractivity contribution in [1.29, 1.82) is 0 Å². The van der Waals surface area contributed by atoms with Gasteiger partial charge in [-0.05, 0) is 0 Å². The van der Waals surface area contributed by atoms with E-state index in [-0.39, 0.29) is 18.0 Å². The van der Waals surface area contributed by atoms with Gasteiger partial charge in [-0.3, -0.25) is 9.59 Å². The van der Waals surface area contributed by atoms with Gasteiger partial charge in [0, 0.05) is 19.2 Å². The molecular formula is C10H14N4O3. The van der Waals surface area contributed by atoms with Crippen molar-refractivity contribution in [3.05, 3.63) is 22.6 Å². The van der Waals surface area contributed by atoms with E-state index in [1.165, 1.54) is 12.3 Å². The number of rotatable bonds is 2. The van der Waals surface area contributed by atoms with Gasteiger partial charge in [-0.25, -0.2) is 4.68 Å². The van der Waals surface area contributed by atoms with Crippen LogP contribution < -0.4 is 11.3 Å². The fourth-order valence-corrected chi connectivity index (χ4v) is 1.61. The van der Waals surface area contributed by atoms with Crippen molar-refractivity contribution in [2.45, 2.75) is 6.54 Å². The Morgan fingerprint density at radius 1 is 1.47 bits per heavy atom. The third kappa shape index (κ3) is 2.82. The standard InChI is InChI=1S/C10H14N4O3/c11-8-5-9(15)14(12-6-8)7-10(16)13-1-3-17-4-2-13/h5-6H,1-4,7,11H2. The van der Waals surface area contributed by atoms with E-state index < -0.39 is 0 Å². The van der Waals surface area contributed by atoms with E-state index in [4.69, 9.17) is 10.5 Å². The number of morpholine rings is 1. The monoisotopic (exact) mass is 238 g/mol. The summed E-state index contributed by atoms with van der Waals surface area (Å²) in [5.74, 6) is -0.132. The highest BCUT2D eigenvalue weighted by Crippen LogP contribution is 1.98. The molecular weight excluding hydrogens is 224 g/mol. The van der Waals surface area contributed by atoms with Crippen LogP contribution in [0.1, 0.15) is 0 Å². The van der Waals surface area contributed by atoms with Crippen LogP contribution in [0.5, 0.6) is 0 Å². The van der Waals surface area contributed by atoms with Gasteiger partial charge in [0.1, 0.15) is 6.54 Å². The number of anilines is 1. The van der Waals surface area contributed by atoms with Gasteiger partial charge in [0.05, 0.1) is 25.1 Å². The van der Waals surface area contributed by atoms with Crippen LogP contribution in [-0.2, 0) is 16.1 Å². The lowest BCUT2D eigenvalue weighted by Gasteiger charge is -2.26. The molecule has 1 aliphatic heterocycles. The molecule has 0 aromatic carbocycles. The van der Waals surface area contributed by atoms with Gasteiger partial charge in [0.25, 0.3) is 5.56 Å². The lowest BCUT2D eigenvalue weighted by Crippen LogP contribution is -2.43. The number of aromatic nitrogens is 2. The fraction of sp³-hybridized carbons (Fsp3) is 0.500. The van der Waals surface area contributed by atoms with Gasteiger partial charge in [-0.15, -0.1) is 0 Å². The zero-order valence-electron chi connectivity index (χ0n) is 9.33. The Bertz CT molecular complexity index is 465. The molecule has 0 unspecified atom stereocenters. The number of amides is 1.